The van der Waals surface area contributed by atoms with Crippen molar-refractivity contribution in [2.45, 2.75) is 71.6 Å². The summed E-state index contributed by atoms with van der Waals surface area (Å²) < 4.78 is 25.3. The largest absolute Gasteiger partial charge is 0.507 e. The molecule has 4 nitrogen and oxygen atoms in total. The maximum atomic E-state index is 12.7. The number of nitrogens with zero attached hydrogens (tertiary/aromatic N) is 1. The quantitative estimate of drug-likeness (QED) is 0.730. The number of allylic oxidation sites excluding steroid dienone is 1. The van der Waals surface area contributed by atoms with E-state index in [9.17, 15) is 18.8 Å². The summed E-state index contributed by atoms with van der Waals surface area (Å²) in [5, 5.41) is 20.3. The van der Waals surface area contributed by atoms with Crippen LogP contribution in [0.5, 0.6) is 5.75 Å². The van der Waals surface area contributed by atoms with E-state index in [0.29, 0.717) is 5.56 Å². The van der Waals surface area contributed by atoms with Crippen molar-refractivity contribution in [3.8, 4) is 11.8 Å². The van der Waals surface area contributed by atoms with Crippen molar-refractivity contribution in [3.05, 3.63) is 33.7 Å². The second-order valence-electron chi connectivity index (χ2n) is 9.66. The van der Waals surface area contributed by atoms with Gasteiger partial charge >= 0.3 is 0 Å². The van der Waals surface area contributed by atoms with Crippen LogP contribution in [-0.4, -0.2) is 19.3 Å². The van der Waals surface area contributed by atoms with Crippen LogP contribution in [0.15, 0.2) is 17.0 Å². The van der Waals surface area contributed by atoms with Gasteiger partial charge in [0.25, 0.3) is 0 Å². The maximum absolute atomic E-state index is 12.7. The molecule has 0 unspecified atom stereocenters. The summed E-state index contributed by atoms with van der Waals surface area (Å²) in [5.74, 6) is 0.452. The third-order valence-electron chi connectivity index (χ3n) is 5.17. The normalized spacial score (nSPS) is 16.7. The van der Waals surface area contributed by atoms with Crippen LogP contribution in [0.25, 0.3) is 6.08 Å². The van der Waals surface area contributed by atoms with Gasteiger partial charge in [0, 0.05) is 11.1 Å². The van der Waals surface area contributed by atoms with Gasteiger partial charge in [-0.1, -0.05) is 48.0 Å². The van der Waals surface area contributed by atoms with Crippen molar-refractivity contribution in [1.82, 2.24) is 0 Å². The molecule has 1 fully saturated rings. The van der Waals surface area contributed by atoms with E-state index in [0.717, 1.165) is 30.4 Å². The summed E-state index contributed by atoms with van der Waals surface area (Å²) in [6, 6.07) is 5.47. The zero-order valence-electron chi connectivity index (χ0n) is 17.3. The summed E-state index contributed by atoms with van der Waals surface area (Å²) >= 11 is 0. The molecular formula is C22H31NO3S. The fourth-order valence-corrected chi connectivity index (χ4v) is 4.87. The smallest absolute Gasteiger partial charge is 0.188 e. The molecule has 1 N–H and O–H groups in total. The second kappa shape index (κ2) is 7.31. The van der Waals surface area contributed by atoms with E-state index in [1.807, 2.05) is 47.6 Å². The van der Waals surface area contributed by atoms with Gasteiger partial charge < -0.3 is 5.11 Å². The van der Waals surface area contributed by atoms with E-state index >= 15 is 0 Å². The minimum absolute atomic E-state index is 0.0444. The van der Waals surface area contributed by atoms with Gasteiger partial charge in [-0.2, -0.15) is 5.26 Å². The highest BCUT2D eigenvalue weighted by Crippen LogP contribution is 2.40. The molecular weight excluding hydrogens is 358 g/mol. The Hall–Kier alpha value is -1.80. The van der Waals surface area contributed by atoms with Crippen LogP contribution in [0.4, 0.5) is 0 Å². The zero-order valence-corrected chi connectivity index (χ0v) is 18.1. The first-order valence-electron chi connectivity index (χ1n) is 9.48. The molecule has 0 spiro atoms. The van der Waals surface area contributed by atoms with Gasteiger partial charge in [-0.25, -0.2) is 8.42 Å². The number of rotatable bonds is 4. The van der Waals surface area contributed by atoms with E-state index in [-0.39, 0.29) is 33.2 Å². The Bertz CT molecular complexity index is 852. The molecule has 0 saturated heterocycles. The fourth-order valence-electron chi connectivity index (χ4n) is 3.29. The molecule has 1 aliphatic rings. The lowest BCUT2D eigenvalue weighted by molar-refractivity contribution is 0.348. The zero-order chi connectivity index (χ0) is 20.6. The SMILES string of the molecule is CC(C)(C)c1cc(/C=C(\C#N)S(=O)(=O)CC2CCC2)cc(C(C)(C)C)c1O. The number of benzene rings is 1. The Morgan fingerprint density at radius 3 is 1.96 bits per heavy atom. The Kier molecular flexibility index (Phi) is 5.82. The molecule has 0 atom stereocenters. The minimum atomic E-state index is -3.60. The standard InChI is InChI=1S/C22H31NO3S/c1-21(2,3)18-11-16(12-19(20(18)24)22(4,5)6)10-17(13-23)27(25,26)14-15-8-7-9-15/h10-12,15,24H,7-9,14H2,1-6H3/b17-10+. The maximum Gasteiger partial charge on any atom is 0.188 e. The van der Waals surface area contributed by atoms with Gasteiger partial charge in [-0.3, -0.25) is 0 Å². The molecule has 27 heavy (non-hydrogen) atoms. The first kappa shape index (κ1) is 21.5. The summed E-state index contributed by atoms with van der Waals surface area (Å²) in [5.41, 5.74) is 1.50. The van der Waals surface area contributed by atoms with Gasteiger partial charge in [0.1, 0.15) is 16.7 Å². The van der Waals surface area contributed by atoms with Gasteiger partial charge in [0.15, 0.2) is 9.84 Å². The molecule has 148 valence electrons. The van der Waals surface area contributed by atoms with Gasteiger partial charge in [-0.05, 0) is 53.4 Å². The Morgan fingerprint density at radius 2 is 1.63 bits per heavy atom. The molecule has 5 heteroatoms. The van der Waals surface area contributed by atoms with Crippen LogP contribution in [-0.2, 0) is 20.7 Å². The number of hydrogen-bond donors (Lipinski definition) is 1. The fraction of sp³-hybridized carbons (Fsp3) is 0.591. The highest BCUT2D eigenvalue weighted by Gasteiger charge is 2.29. The first-order chi connectivity index (χ1) is 12.3. The molecule has 0 aliphatic heterocycles. The van der Waals surface area contributed by atoms with E-state index < -0.39 is 9.84 Å². The first-order valence-corrected chi connectivity index (χ1v) is 11.1. The molecule has 0 heterocycles. The topological polar surface area (TPSA) is 78.2 Å². The lowest BCUT2D eigenvalue weighted by Gasteiger charge is -2.28. The molecule has 0 radical (unpaired) electrons. The molecule has 0 amide bonds. The van der Waals surface area contributed by atoms with Gasteiger partial charge in [0.05, 0.1) is 5.75 Å². The van der Waals surface area contributed by atoms with Crippen molar-refractivity contribution in [3.63, 3.8) is 0 Å². The summed E-state index contributed by atoms with van der Waals surface area (Å²) in [6.45, 7) is 12.0. The molecule has 1 saturated carbocycles. The van der Waals surface area contributed by atoms with E-state index in [1.54, 1.807) is 12.1 Å². The average molecular weight is 390 g/mol. The number of phenols is 1. The highest BCUT2D eigenvalue weighted by molar-refractivity contribution is 7.95. The van der Waals surface area contributed by atoms with Crippen molar-refractivity contribution >= 4 is 15.9 Å². The van der Waals surface area contributed by atoms with Crippen LogP contribution >= 0.6 is 0 Å². The number of nitriles is 1. The molecule has 2 rings (SSSR count). The Morgan fingerprint density at radius 1 is 1.15 bits per heavy atom. The number of phenolic OH excluding ortho intramolecular Hbond substituents is 1. The van der Waals surface area contributed by atoms with Gasteiger partial charge in [0.2, 0.25) is 0 Å². The third-order valence-corrected chi connectivity index (χ3v) is 6.96. The number of hydrogen-bond acceptors (Lipinski definition) is 4. The molecule has 1 aromatic rings. The predicted octanol–water partition coefficient (Wildman–Crippen LogP) is 5.07. The van der Waals surface area contributed by atoms with Crippen LogP contribution in [0.1, 0.15) is 77.5 Å². The lowest BCUT2D eigenvalue weighted by atomic mass is 9.78. The summed E-state index contributed by atoms with van der Waals surface area (Å²) in [7, 11) is -3.60. The van der Waals surface area contributed by atoms with Crippen LogP contribution in [0.2, 0.25) is 0 Å². The third kappa shape index (κ3) is 4.93. The highest BCUT2D eigenvalue weighted by atomic mass is 32.2. The van der Waals surface area contributed by atoms with E-state index in [4.69, 9.17) is 0 Å². The van der Waals surface area contributed by atoms with Crippen molar-refractivity contribution in [2.75, 3.05) is 5.75 Å². The lowest BCUT2D eigenvalue weighted by Crippen LogP contribution is -2.22. The van der Waals surface area contributed by atoms with Crippen molar-refractivity contribution in [1.29, 1.82) is 5.26 Å². The van der Waals surface area contributed by atoms with Crippen molar-refractivity contribution < 1.29 is 13.5 Å². The predicted molar refractivity (Wildman–Crippen MR) is 110 cm³/mol. The average Bonchev–Trinajstić information content (AvgIpc) is 2.47. The molecule has 0 aromatic heterocycles. The monoisotopic (exact) mass is 389 g/mol. The summed E-state index contributed by atoms with van der Waals surface area (Å²) in [6.07, 6.45) is 4.35. The second-order valence-corrected chi connectivity index (χ2v) is 11.7. The van der Waals surface area contributed by atoms with Crippen molar-refractivity contribution in [2.24, 2.45) is 5.92 Å². The Labute approximate surface area is 163 Å². The molecule has 1 aromatic carbocycles. The van der Waals surface area contributed by atoms with E-state index in [2.05, 4.69) is 0 Å². The number of sulfone groups is 1. The summed E-state index contributed by atoms with van der Waals surface area (Å²) in [4.78, 5) is -0.195. The van der Waals surface area contributed by atoms with Crippen LogP contribution in [0.3, 0.4) is 0 Å². The molecule has 1 aliphatic carbocycles. The van der Waals surface area contributed by atoms with Crippen LogP contribution in [0, 0.1) is 17.2 Å². The Balaban J connectivity index is 2.59. The molecule has 0 bridgehead atoms. The minimum Gasteiger partial charge on any atom is -0.507 e. The van der Waals surface area contributed by atoms with Crippen LogP contribution < -0.4 is 0 Å². The van der Waals surface area contributed by atoms with E-state index in [1.165, 1.54) is 6.08 Å². The van der Waals surface area contributed by atoms with Gasteiger partial charge in [-0.15, -0.1) is 0 Å². The number of aromatic hydroxyl groups is 1.